The lowest BCUT2D eigenvalue weighted by molar-refractivity contribution is -0.137. The van der Waals surface area contributed by atoms with Crippen LogP contribution < -0.4 is 5.32 Å². The Balaban J connectivity index is 2.10. The largest absolute Gasteiger partial charge is 0.416 e. The third kappa shape index (κ3) is 3.34. The number of carbonyl (C=O) groups is 1. The summed E-state index contributed by atoms with van der Waals surface area (Å²) in [4.78, 5) is 15.8. The Morgan fingerprint density at radius 1 is 1.10 bits per heavy atom. The lowest BCUT2D eigenvalue weighted by Crippen LogP contribution is -2.12. The van der Waals surface area contributed by atoms with E-state index in [2.05, 4.69) is 10.3 Å². The standard InChI is InChI=1S/C14H11F3N2O/c1-9-2-3-10(8-18-9)13(20)19-12-6-4-11(5-7-12)14(15,16)17/h2-8H,1H3,(H,19,20). The number of hydrogen-bond acceptors (Lipinski definition) is 2. The van der Waals surface area contributed by atoms with E-state index in [0.29, 0.717) is 11.3 Å². The van der Waals surface area contributed by atoms with Crippen molar-refractivity contribution in [2.45, 2.75) is 13.1 Å². The van der Waals surface area contributed by atoms with Crippen molar-refractivity contribution in [3.8, 4) is 0 Å². The minimum absolute atomic E-state index is 0.295. The van der Waals surface area contributed by atoms with Gasteiger partial charge in [0.15, 0.2) is 0 Å². The molecule has 0 atom stereocenters. The van der Waals surface area contributed by atoms with Crippen molar-refractivity contribution in [3.63, 3.8) is 0 Å². The maximum Gasteiger partial charge on any atom is 0.416 e. The molecule has 0 fully saturated rings. The molecular weight excluding hydrogens is 269 g/mol. The number of amides is 1. The van der Waals surface area contributed by atoms with E-state index >= 15 is 0 Å². The highest BCUT2D eigenvalue weighted by Crippen LogP contribution is 2.29. The van der Waals surface area contributed by atoms with Crippen LogP contribution in [0, 0.1) is 6.92 Å². The summed E-state index contributed by atoms with van der Waals surface area (Å²) in [6.07, 6.45) is -2.97. The Labute approximate surface area is 113 Å². The van der Waals surface area contributed by atoms with E-state index < -0.39 is 17.6 Å². The molecule has 0 aliphatic carbocycles. The number of nitrogens with one attached hydrogen (secondary N) is 1. The molecule has 3 nitrogen and oxygen atoms in total. The summed E-state index contributed by atoms with van der Waals surface area (Å²) in [5.74, 6) is -0.419. The highest BCUT2D eigenvalue weighted by Gasteiger charge is 2.29. The molecule has 0 aliphatic rings. The zero-order valence-corrected chi connectivity index (χ0v) is 10.5. The van der Waals surface area contributed by atoms with Crippen LogP contribution in [0.4, 0.5) is 18.9 Å². The molecule has 0 aliphatic heterocycles. The second-order valence-electron chi connectivity index (χ2n) is 4.22. The second kappa shape index (κ2) is 5.32. The SMILES string of the molecule is Cc1ccc(C(=O)Nc2ccc(C(F)(F)F)cc2)cn1. The molecule has 1 heterocycles. The van der Waals surface area contributed by atoms with Gasteiger partial charge < -0.3 is 5.32 Å². The van der Waals surface area contributed by atoms with E-state index in [1.807, 2.05) is 0 Å². The zero-order chi connectivity index (χ0) is 14.8. The van der Waals surface area contributed by atoms with Crippen molar-refractivity contribution in [1.29, 1.82) is 0 Å². The molecule has 20 heavy (non-hydrogen) atoms. The van der Waals surface area contributed by atoms with Gasteiger partial charge in [0.05, 0.1) is 11.1 Å². The van der Waals surface area contributed by atoms with Gasteiger partial charge in [-0.3, -0.25) is 9.78 Å². The van der Waals surface area contributed by atoms with Gasteiger partial charge in [-0.25, -0.2) is 0 Å². The molecule has 0 radical (unpaired) electrons. The molecule has 0 saturated carbocycles. The third-order valence-corrected chi connectivity index (χ3v) is 2.64. The molecular formula is C14H11F3N2O. The van der Waals surface area contributed by atoms with Crippen LogP contribution in [0.5, 0.6) is 0 Å². The third-order valence-electron chi connectivity index (χ3n) is 2.64. The quantitative estimate of drug-likeness (QED) is 0.912. The van der Waals surface area contributed by atoms with E-state index in [4.69, 9.17) is 0 Å². The molecule has 104 valence electrons. The van der Waals surface area contributed by atoms with Crippen molar-refractivity contribution < 1.29 is 18.0 Å². The van der Waals surface area contributed by atoms with Crippen molar-refractivity contribution in [2.24, 2.45) is 0 Å². The van der Waals surface area contributed by atoms with Crippen LogP contribution in [-0.2, 0) is 6.18 Å². The summed E-state index contributed by atoms with van der Waals surface area (Å²) in [6.45, 7) is 1.79. The summed E-state index contributed by atoms with van der Waals surface area (Å²) in [7, 11) is 0. The predicted octanol–water partition coefficient (Wildman–Crippen LogP) is 3.66. The van der Waals surface area contributed by atoms with E-state index in [1.165, 1.54) is 18.3 Å². The fourth-order valence-corrected chi connectivity index (χ4v) is 1.55. The molecule has 2 aromatic rings. The van der Waals surface area contributed by atoms with Crippen LogP contribution in [0.1, 0.15) is 21.6 Å². The Morgan fingerprint density at radius 2 is 1.75 bits per heavy atom. The summed E-state index contributed by atoms with van der Waals surface area (Å²) < 4.78 is 37.2. The van der Waals surface area contributed by atoms with Crippen molar-refractivity contribution in [1.82, 2.24) is 4.98 Å². The molecule has 1 N–H and O–H groups in total. The van der Waals surface area contributed by atoms with Crippen molar-refractivity contribution >= 4 is 11.6 Å². The van der Waals surface area contributed by atoms with Gasteiger partial charge in [-0.1, -0.05) is 0 Å². The average Bonchev–Trinajstić information content (AvgIpc) is 2.39. The van der Waals surface area contributed by atoms with Gasteiger partial charge in [-0.05, 0) is 43.3 Å². The van der Waals surface area contributed by atoms with Crippen LogP contribution >= 0.6 is 0 Å². The molecule has 1 amide bonds. The number of benzene rings is 1. The van der Waals surface area contributed by atoms with Gasteiger partial charge in [-0.15, -0.1) is 0 Å². The number of hydrogen-bond donors (Lipinski definition) is 1. The lowest BCUT2D eigenvalue weighted by Gasteiger charge is -2.08. The van der Waals surface area contributed by atoms with Crippen LogP contribution in [0.15, 0.2) is 42.6 Å². The second-order valence-corrected chi connectivity index (χ2v) is 4.22. The molecule has 0 saturated heterocycles. The predicted molar refractivity (Wildman–Crippen MR) is 68.4 cm³/mol. The normalized spacial score (nSPS) is 11.2. The Morgan fingerprint density at radius 3 is 2.25 bits per heavy atom. The summed E-state index contributed by atoms with van der Waals surface area (Å²) in [5.41, 5.74) is 0.655. The first-order valence-electron chi connectivity index (χ1n) is 5.77. The number of alkyl halides is 3. The fourth-order valence-electron chi connectivity index (χ4n) is 1.55. The minimum Gasteiger partial charge on any atom is -0.322 e. The molecule has 2 rings (SSSR count). The molecule has 0 unspecified atom stereocenters. The van der Waals surface area contributed by atoms with Crippen molar-refractivity contribution in [3.05, 3.63) is 59.4 Å². The number of aryl methyl sites for hydroxylation is 1. The van der Waals surface area contributed by atoms with Gasteiger partial charge in [0.2, 0.25) is 0 Å². The average molecular weight is 280 g/mol. The van der Waals surface area contributed by atoms with Crippen LogP contribution in [0.3, 0.4) is 0 Å². The van der Waals surface area contributed by atoms with Gasteiger partial charge in [0.1, 0.15) is 0 Å². The number of halogens is 3. The Kier molecular flexibility index (Phi) is 3.74. The number of aromatic nitrogens is 1. The Bertz CT molecular complexity index is 604. The first kappa shape index (κ1) is 14.0. The maximum absolute atomic E-state index is 12.4. The molecule has 0 bridgehead atoms. The van der Waals surface area contributed by atoms with Crippen LogP contribution in [0.25, 0.3) is 0 Å². The Hall–Kier alpha value is -2.37. The summed E-state index contributed by atoms with van der Waals surface area (Å²) in [6, 6.07) is 7.54. The van der Waals surface area contributed by atoms with Gasteiger partial charge in [-0.2, -0.15) is 13.2 Å². The molecule has 6 heteroatoms. The molecule has 0 spiro atoms. The van der Waals surface area contributed by atoms with Crippen LogP contribution in [-0.4, -0.2) is 10.9 Å². The smallest absolute Gasteiger partial charge is 0.322 e. The first-order chi connectivity index (χ1) is 9.36. The summed E-state index contributed by atoms with van der Waals surface area (Å²) >= 11 is 0. The van der Waals surface area contributed by atoms with E-state index in [0.717, 1.165) is 17.8 Å². The van der Waals surface area contributed by atoms with Gasteiger partial charge in [0, 0.05) is 17.6 Å². The lowest BCUT2D eigenvalue weighted by atomic mass is 10.2. The summed E-state index contributed by atoms with van der Waals surface area (Å²) in [5, 5.41) is 2.51. The number of nitrogens with zero attached hydrogens (tertiary/aromatic N) is 1. The zero-order valence-electron chi connectivity index (χ0n) is 10.5. The highest BCUT2D eigenvalue weighted by atomic mass is 19.4. The number of carbonyl (C=O) groups excluding carboxylic acids is 1. The van der Waals surface area contributed by atoms with E-state index in [-0.39, 0.29) is 0 Å². The van der Waals surface area contributed by atoms with Gasteiger partial charge in [0.25, 0.3) is 5.91 Å². The number of pyridine rings is 1. The molecule has 1 aromatic carbocycles. The van der Waals surface area contributed by atoms with Crippen molar-refractivity contribution in [2.75, 3.05) is 5.32 Å². The fraction of sp³-hybridized carbons (Fsp3) is 0.143. The monoisotopic (exact) mass is 280 g/mol. The van der Waals surface area contributed by atoms with E-state index in [9.17, 15) is 18.0 Å². The maximum atomic E-state index is 12.4. The van der Waals surface area contributed by atoms with E-state index in [1.54, 1.807) is 19.1 Å². The number of anilines is 1. The first-order valence-corrected chi connectivity index (χ1v) is 5.77. The minimum atomic E-state index is -4.39. The topological polar surface area (TPSA) is 42.0 Å². The number of rotatable bonds is 2. The highest BCUT2D eigenvalue weighted by molar-refractivity contribution is 6.04. The molecule has 1 aromatic heterocycles. The van der Waals surface area contributed by atoms with Crippen LogP contribution in [0.2, 0.25) is 0 Å². The van der Waals surface area contributed by atoms with Gasteiger partial charge >= 0.3 is 6.18 Å².